The molecule has 4 unspecified atom stereocenters. The quantitative estimate of drug-likeness (QED) is 0.247. The maximum Gasteiger partial charge on any atom is 0.108 e. The Morgan fingerprint density at radius 2 is 1.07 bits per heavy atom. The maximum absolute atomic E-state index is 3.91. The molecule has 4 atom stereocenters. The Labute approximate surface area is 236 Å². The molecule has 4 aromatic rings. The Morgan fingerprint density at radius 3 is 1.70 bits per heavy atom. The van der Waals surface area contributed by atoms with Crippen molar-refractivity contribution in [2.45, 2.75) is 44.1 Å². The molecule has 4 aromatic carbocycles. The van der Waals surface area contributed by atoms with Crippen LogP contribution in [0.3, 0.4) is 0 Å². The zero-order valence-corrected chi connectivity index (χ0v) is 22.7. The average Bonchev–Trinajstić information content (AvgIpc) is 3.55. The van der Waals surface area contributed by atoms with E-state index < -0.39 is 0 Å². The van der Waals surface area contributed by atoms with Crippen LogP contribution in [0.15, 0.2) is 103 Å². The maximum atomic E-state index is 3.91. The molecule has 9 rings (SSSR count). The van der Waals surface area contributed by atoms with Gasteiger partial charge < -0.3 is 9.80 Å². The summed E-state index contributed by atoms with van der Waals surface area (Å²) >= 11 is 0. The summed E-state index contributed by atoms with van der Waals surface area (Å²) in [7, 11) is 0. The zero-order valence-electron chi connectivity index (χ0n) is 22.7. The minimum atomic E-state index is 0.363. The Kier molecular flexibility index (Phi) is 5.05. The number of nitrogens with zero attached hydrogens (tertiary/aromatic N) is 2. The van der Waals surface area contributed by atoms with Crippen LogP contribution in [-0.2, 0) is 0 Å². The Bertz CT molecular complexity index is 1670. The van der Waals surface area contributed by atoms with Gasteiger partial charge in [-0.1, -0.05) is 78.9 Å². The van der Waals surface area contributed by atoms with E-state index in [0.29, 0.717) is 24.3 Å². The number of rotatable bonds is 1. The van der Waals surface area contributed by atoms with E-state index in [1.807, 2.05) is 0 Å². The van der Waals surface area contributed by atoms with Crippen molar-refractivity contribution >= 4 is 5.69 Å². The molecular formula is C36H34N4. The van der Waals surface area contributed by atoms with Crippen LogP contribution in [-0.4, -0.2) is 36.4 Å². The molecule has 4 nitrogen and oxygen atoms in total. The highest BCUT2D eigenvalue weighted by atomic mass is 15.5. The monoisotopic (exact) mass is 522 g/mol. The summed E-state index contributed by atoms with van der Waals surface area (Å²) in [5.74, 6) is 1.99. The molecule has 2 N–H and O–H groups in total. The van der Waals surface area contributed by atoms with Gasteiger partial charge in [-0.05, 0) is 101 Å². The third kappa shape index (κ3) is 3.21. The van der Waals surface area contributed by atoms with Gasteiger partial charge in [-0.2, -0.15) is 0 Å². The first-order valence-electron chi connectivity index (χ1n) is 15.1. The Balaban J connectivity index is 1.26. The highest BCUT2D eigenvalue weighted by molar-refractivity contribution is 6.03. The van der Waals surface area contributed by atoms with Gasteiger partial charge in [-0.3, -0.25) is 10.6 Å². The smallest absolute Gasteiger partial charge is 0.108 e. The van der Waals surface area contributed by atoms with E-state index in [1.165, 1.54) is 81.7 Å². The normalized spacial score (nSPS) is 25.8. The highest BCUT2D eigenvalue weighted by Gasteiger charge is 2.52. The predicted octanol–water partition coefficient (Wildman–Crippen LogP) is 7.05. The largest absolute Gasteiger partial charge is 0.324 e. The molecule has 0 bridgehead atoms. The lowest BCUT2D eigenvalue weighted by molar-refractivity contribution is 0.108. The number of anilines is 1. The molecule has 4 heterocycles. The van der Waals surface area contributed by atoms with E-state index >= 15 is 0 Å². The van der Waals surface area contributed by atoms with E-state index in [2.05, 4.69) is 118 Å². The molecule has 1 aliphatic carbocycles. The lowest BCUT2D eigenvalue weighted by atomic mass is 9.81. The predicted molar refractivity (Wildman–Crippen MR) is 163 cm³/mol. The van der Waals surface area contributed by atoms with Gasteiger partial charge in [0.25, 0.3) is 0 Å². The van der Waals surface area contributed by atoms with Crippen molar-refractivity contribution in [3.8, 4) is 44.5 Å². The first-order valence-corrected chi connectivity index (χ1v) is 15.1. The molecule has 0 saturated carbocycles. The molecule has 4 heteroatoms. The van der Waals surface area contributed by atoms with E-state index in [4.69, 9.17) is 0 Å². The number of nitrogens with one attached hydrogen (secondary N) is 2. The molecule has 198 valence electrons. The fourth-order valence-corrected chi connectivity index (χ4v) is 8.22. The Hall–Kier alpha value is -3.86. The van der Waals surface area contributed by atoms with Crippen molar-refractivity contribution in [1.29, 1.82) is 0 Å². The van der Waals surface area contributed by atoms with Crippen molar-refractivity contribution in [2.24, 2.45) is 5.92 Å². The number of hydrogen-bond acceptors (Lipinski definition) is 4. The molecule has 0 amide bonds. The summed E-state index contributed by atoms with van der Waals surface area (Å²) in [6.07, 6.45) is 8.33. The third-order valence-corrected chi connectivity index (χ3v) is 9.90. The highest BCUT2D eigenvalue weighted by Crippen LogP contribution is 2.50. The topological polar surface area (TPSA) is 30.5 Å². The molecule has 5 aliphatic rings. The first kappa shape index (κ1) is 22.9. The van der Waals surface area contributed by atoms with Crippen molar-refractivity contribution in [3.63, 3.8) is 0 Å². The fraction of sp³-hybridized carbons (Fsp3) is 0.278. The third-order valence-electron chi connectivity index (χ3n) is 9.90. The van der Waals surface area contributed by atoms with Crippen LogP contribution in [0.1, 0.15) is 25.7 Å². The van der Waals surface area contributed by atoms with Gasteiger partial charge >= 0.3 is 0 Å². The molecule has 3 fully saturated rings. The second-order valence-corrected chi connectivity index (χ2v) is 12.0. The summed E-state index contributed by atoms with van der Waals surface area (Å²) in [6.45, 7) is 2.22. The molecule has 0 aromatic heterocycles. The summed E-state index contributed by atoms with van der Waals surface area (Å²) in [6, 6.07) is 34.5. The SMILES string of the molecule is C1=C2N(c3ccc4c(c3)-c3ccccc3-c3ccccc3-c3ccccc3-4)C3CCCNC3N2C2NCCCC12. The number of benzene rings is 4. The Morgan fingerprint density at radius 1 is 0.550 bits per heavy atom. The molecule has 3 saturated heterocycles. The van der Waals surface area contributed by atoms with E-state index in [1.54, 1.807) is 0 Å². The van der Waals surface area contributed by atoms with Gasteiger partial charge in [-0.15, -0.1) is 0 Å². The minimum Gasteiger partial charge on any atom is -0.324 e. The molecule has 40 heavy (non-hydrogen) atoms. The zero-order chi connectivity index (χ0) is 26.2. The van der Waals surface area contributed by atoms with Crippen molar-refractivity contribution in [3.05, 3.63) is 103 Å². The van der Waals surface area contributed by atoms with Gasteiger partial charge in [0.05, 0.1) is 12.2 Å². The van der Waals surface area contributed by atoms with Crippen LogP contribution in [0, 0.1) is 5.92 Å². The average molecular weight is 523 g/mol. The van der Waals surface area contributed by atoms with Crippen LogP contribution in [0.5, 0.6) is 0 Å². The van der Waals surface area contributed by atoms with Crippen molar-refractivity contribution < 1.29 is 0 Å². The standard InChI is InChI=1S/C36H34N4/c1-2-11-26-25(10-1)27-12-3-4-14-29(27)31-18-17-24(22-32(31)30-15-6-5-13-28(26)30)39-33-16-8-20-38-36(33)40-34(39)21-23-9-7-19-37-35(23)40/h1-6,10-15,17-18,21-23,33,35-38H,7-9,16,19-20H2. The van der Waals surface area contributed by atoms with E-state index in [0.717, 1.165) is 13.1 Å². The molecule has 0 spiro atoms. The number of piperidine rings is 2. The summed E-state index contributed by atoms with van der Waals surface area (Å²) in [5, 5.41) is 7.77. The molecular weight excluding hydrogens is 488 g/mol. The van der Waals surface area contributed by atoms with Crippen LogP contribution in [0.2, 0.25) is 0 Å². The molecule has 0 radical (unpaired) electrons. The van der Waals surface area contributed by atoms with Crippen molar-refractivity contribution in [2.75, 3.05) is 18.0 Å². The van der Waals surface area contributed by atoms with E-state index in [-0.39, 0.29) is 0 Å². The molecule has 4 aliphatic heterocycles. The van der Waals surface area contributed by atoms with Crippen LogP contribution < -0.4 is 15.5 Å². The minimum absolute atomic E-state index is 0.363. The second kappa shape index (κ2) is 8.82. The second-order valence-electron chi connectivity index (χ2n) is 12.0. The summed E-state index contributed by atoms with van der Waals surface area (Å²) < 4.78 is 0. The van der Waals surface area contributed by atoms with Gasteiger partial charge in [-0.25, -0.2) is 0 Å². The van der Waals surface area contributed by atoms with Gasteiger partial charge in [0.1, 0.15) is 12.0 Å². The van der Waals surface area contributed by atoms with Crippen molar-refractivity contribution in [1.82, 2.24) is 15.5 Å². The van der Waals surface area contributed by atoms with Crippen LogP contribution in [0.25, 0.3) is 44.5 Å². The van der Waals surface area contributed by atoms with Gasteiger partial charge in [0.15, 0.2) is 0 Å². The van der Waals surface area contributed by atoms with Crippen LogP contribution >= 0.6 is 0 Å². The lowest BCUT2D eigenvalue weighted by Crippen LogP contribution is -2.58. The fourth-order valence-electron chi connectivity index (χ4n) is 8.22. The van der Waals surface area contributed by atoms with Gasteiger partial charge in [0, 0.05) is 11.6 Å². The summed E-state index contributed by atoms with van der Waals surface area (Å²) in [4.78, 5) is 5.36. The number of hydrogen-bond donors (Lipinski definition) is 2. The first-order chi connectivity index (χ1) is 19.9. The lowest BCUT2D eigenvalue weighted by Gasteiger charge is -2.39. The number of fused-ring (bicyclic) bond motifs is 13. The summed E-state index contributed by atoms with van der Waals surface area (Å²) in [5.41, 5.74) is 11.8. The van der Waals surface area contributed by atoms with E-state index in [9.17, 15) is 0 Å². The van der Waals surface area contributed by atoms with Gasteiger partial charge in [0.2, 0.25) is 0 Å². The van der Waals surface area contributed by atoms with Crippen LogP contribution in [0.4, 0.5) is 5.69 Å².